The van der Waals surface area contributed by atoms with E-state index in [2.05, 4.69) is 0 Å². The van der Waals surface area contributed by atoms with E-state index >= 15 is 0 Å². The lowest BCUT2D eigenvalue weighted by molar-refractivity contribution is 0.201. The smallest absolute Gasteiger partial charge is 0.127 e. The van der Waals surface area contributed by atoms with E-state index in [1.165, 1.54) is 6.07 Å². The molecule has 0 atom stereocenters. The molecule has 1 rings (SSSR count). The maximum Gasteiger partial charge on any atom is 0.127 e. The van der Waals surface area contributed by atoms with Gasteiger partial charge in [0.25, 0.3) is 0 Å². The van der Waals surface area contributed by atoms with Gasteiger partial charge in [-0.25, -0.2) is 4.39 Å². The summed E-state index contributed by atoms with van der Waals surface area (Å²) >= 11 is 5.77. The van der Waals surface area contributed by atoms with Gasteiger partial charge < -0.3 is 4.74 Å². The van der Waals surface area contributed by atoms with Crippen LogP contribution in [0.1, 0.15) is 5.56 Å². The van der Waals surface area contributed by atoms with E-state index in [0.29, 0.717) is 23.6 Å². The Kier molecular flexibility index (Phi) is 3.50. The van der Waals surface area contributed by atoms with Crippen LogP contribution in [-0.2, 0) is 11.2 Å². The number of methoxy groups -OCH3 is 1. The first-order valence-corrected chi connectivity index (χ1v) is 4.05. The summed E-state index contributed by atoms with van der Waals surface area (Å²) in [4.78, 5) is 0. The first-order chi connectivity index (χ1) is 5.75. The van der Waals surface area contributed by atoms with Crippen molar-refractivity contribution in [1.82, 2.24) is 0 Å². The Morgan fingerprint density at radius 2 is 2.25 bits per heavy atom. The van der Waals surface area contributed by atoms with E-state index in [4.69, 9.17) is 16.3 Å². The molecule has 0 radical (unpaired) electrons. The molecule has 0 saturated heterocycles. The summed E-state index contributed by atoms with van der Waals surface area (Å²) in [7, 11) is 1.58. The molecular weight excluding hydrogens is 179 g/mol. The largest absolute Gasteiger partial charge is 0.384 e. The molecule has 12 heavy (non-hydrogen) atoms. The molecule has 0 aliphatic rings. The van der Waals surface area contributed by atoms with E-state index in [1.54, 1.807) is 19.2 Å². The second-order valence-electron chi connectivity index (χ2n) is 2.44. The number of ether oxygens (including phenoxy) is 1. The van der Waals surface area contributed by atoms with Crippen LogP contribution in [0.5, 0.6) is 0 Å². The molecule has 0 saturated carbocycles. The number of hydrogen-bond acceptors (Lipinski definition) is 1. The Labute approximate surface area is 76.1 Å². The first-order valence-electron chi connectivity index (χ1n) is 3.67. The molecule has 0 aromatic heterocycles. The summed E-state index contributed by atoms with van der Waals surface area (Å²) in [5.74, 6) is -0.264. The minimum absolute atomic E-state index is 0.264. The molecule has 0 unspecified atom stereocenters. The van der Waals surface area contributed by atoms with Crippen LogP contribution in [0.4, 0.5) is 4.39 Å². The third-order valence-corrected chi connectivity index (χ3v) is 1.97. The van der Waals surface area contributed by atoms with Crippen molar-refractivity contribution in [2.75, 3.05) is 13.7 Å². The highest BCUT2D eigenvalue weighted by Crippen LogP contribution is 2.19. The van der Waals surface area contributed by atoms with E-state index in [1.807, 2.05) is 0 Å². The van der Waals surface area contributed by atoms with Crippen molar-refractivity contribution in [3.63, 3.8) is 0 Å². The molecule has 0 spiro atoms. The predicted octanol–water partition coefficient (Wildman–Crippen LogP) is 2.67. The molecular formula is C9H10ClFO. The van der Waals surface area contributed by atoms with E-state index in [0.717, 1.165) is 0 Å². The molecule has 0 aliphatic carbocycles. The summed E-state index contributed by atoms with van der Waals surface area (Å²) in [5, 5.41) is 0.465. The van der Waals surface area contributed by atoms with Gasteiger partial charge in [-0.2, -0.15) is 0 Å². The number of halogens is 2. The Bertz CT molecular complexity index is 242. The minimum Gasteiger partial charge on any atom is -0.384 e. The Balaban J connectivity index is 2.81. The van der Waals surface area contributed by atoms with E-state index < -0.39 is 0 Å². The van der Waals surface area contributed by atoms with Gasteiger partial charge in [0, 0.05) is 24.1 Å². The molecule has 0 heterocycles. The van der Waals surface area contributed by atoms with Gasteiger partial charge in [0.2, 0.25) is 0 Å². The Morgan fingerprint density at radius 3 is 2.83 bits per heavy atom. The molecule has 1 aromatic rings. The molecule has 3 heteroatoms. The van der Waals surface area contributed by atoms with Gasteiger partial charge in [-0.05, 0) is 12.1 Å². The van der Waals surface area contributed by atoms with E-state index in [-0.39, 0.29) is 5.82 Å². The lowest BCUT2D eigenvalue weighted by Gasteiger charge is -2.03. The second-order valence-corrected chi connectivity index (χ2v) is 2.85. The van der Waals surface area contributed by atoms with Gasteiger partial charge in [-0.3, -0.25) is 0 Å². The van der Waals surface area contributed by atoms with Crippen molar-refractivity contribution in [3.8, 4) is 0 Å². The second kappa shape index (κ2) is 4.43. The van der Waals surface area contributed by atoms with Crippen molar-refractivity contribution in [2.24, 2.45) is 0 Å². The van der Waals surface area contributed by atoms with Crippen molar-refractivity contribution in [1.29, 1.82) is 0 Å². The van der Waals surface area contributed by atoms with Crippen LogP contribution < -0.4 is 0 Å². The summed E-state index contributed by atoms with van der Waals surface area (Å²) in [6.07, 6.45) is 0.516. The van der Waals surface area contributed by atoms with Gasteiger partial charge in [-0.1, -0.05) is 17.7 Å². The van der Waals surface area contributed by atoms with Crippen LogP contribution in [0.15, 0.2) is 18.2 Å². The third kappa shape index (κ3) is 2.19. The Morgan fingerprint density at radius 1 is 1.50 bits per heavy atom. The van der Waals surface area contributed by atoms with Gasteiger partial charge in [0.1, 0.15) is 5.82 Å². The van der Waals surface area contributed by atoms with Gasteiger partial charge >= 0.3 is 0 Å². The zero-order valence-corrected chi connectivity index (χ0v) is 7.57. The quantitative estimate of drug-likeness (QED) is 0.709. The minimum atomic E-state index is -0.264. The fourth-order valence-electron chi connectivity index (χ4n) is 0.975. The van der Waals surface area contributed by atoms with E-state index in [9.17, 15) is 4.39 Å². The van der Waals surface area contributed by atoms with Crippen LogP contribution in [0, 0.1) is 5.82 Å². The van der Waals surface area contributed by atoms with Crippen molar-refractivity contribution >= 4 is 11.6 Å². The molecule has 0 aliphatic heterocycles. The van der Waals surface area contributed by atoms with Gasteiger partial charge in [0.15, 0.2) is 0 Å². The zero-order valence-electron chi connectivity index (χ0n) is 6.81. The Hall–Kier alpha value is -0.600. The molecule has 1 aromatic carbocycles. The fourth-order valence-corrected chi connectivity index (χ4v) is 1.23. The SMILES string of the molecule is COCCc1c(F)cccc1Cl. The topological polar surface area (TPSA) is 9.23 Å². The highest BCUT2D eigenvalue weighted by atomic mass is 35.5. The fraction of sp³-hybridized carbons (Fsp3) is 0.333. The molecule has 0 N–H and O–H groups in total. The number of rotatable bonds is 3. The number of hydrogen-bond donors (Lipinski definition) is 0. The monoisotopic (exact) mass is 188 g/mol. The maximum absolute atomic E-state index is 13.0. The first kappa shape index (κ1) is 9.49. The van der Waals surface area contributed by atoms with Gasteiger partial charge in [0.05, 0.1) is 6.61 Å². The molecule has 66 valence electrons. The summed E-state index contributed by atoms with van der Waals surface area (Å²) < 4.78 is 17.9. The molecule has 1 nitrogen and oxygen atoms in total. The average molecular weight is 189 g/mol. The van der Waals surface area contributed by atoms with Crippen LogP contribution in [0.3, 0.4) is 0 Å². The summed E-state index contributed by atoms with van der Waals surface area (Å²) in [6.45, 7) is 0.487. The lowest BCUT2D eigenvalue weighted by atomic mass is 10.1. The molecule has 0 bridgehead atoms. The van der Waals surface area contributed by atoms with Gasteiger partial charge in [-0.15, -0.1) is 0 Å². The standard InChI is InChI=1S/C9H10ClFO/c1-12-6-5-7-8(10)3-2-4-9(7)11/h2-4H,5-6H2,1H3. The summed E-state index contributed by atoms with van der Waals surface area (Å²) in [6, 6.07) is 4.67. The molecule has 0 amide bonds. The van der Waals surface area contributed by atoms with Crippen molar-refractivity contribution < 1.29 is 9.13 Å². The van der Waals surface area contributed by atoms with Crippen LogP contribution in [-0.4, -0.2) is 13.7 Å². The van der Waals surface area contributed by atoms with Crippen LogP contribution in [0.2, 0.25) is 5.02 Å². The highest BCUT2D eigenvalue weighted by molar-refractivity contribution is 6.31. The zero-order chi connectivity index (χ0) is 8.97. The highest BCUT2D eigenvalue weighted by Gasteiger charge is 2.05. The third-order valence-electron chi connectivity index (χ3n) is 1.62. The average Bonchev–Trinajstić information content (AvgIpc) is 2.04. The summed E-state index contributed by atoms with van der Waals surface area (Å²) in [5.41, 5.74) is 0.529. The lowest BCUT2D eigenvalue weighted by Crippen LogP contribution is -1.98. The van der Waals surface area contributed by atoms with Crippen molar-refractivity contribution in [2.45, 2.75) is 6.42 Å². The number of benzene rings is 1. The maximum atomic E-state index is 13.0. The van der Waals surface area contributed by atoms with Crippen LogP contribution >= 0.6 is 11.6 Å². The normalized spacial score (nSPS) is 10.2. The van der Waals surface area contributed by atoms with Crippen molar-refractivity contribution in [3.05, 3.63) is 34.6 Å². The molecule has 0 fully saturated rings. The predicted molar refractivity (Wildman–Crippen MR) is 47.0 cm³/mol. The van der Waals surface area contributed by atoms with Crippen LogP contribution in [0.25, 0.3) is 0 Å².